The van der Waals surface area contributed by atoms with Crippen LogP contribution in [0.15, 0.2) is 28.2 Å². The first-order valence-corrected chi connectivity index (χ1v) is 8.19. The summed E-state index contributed by atoms with van der Waals surface area (Å²) < 4.78 is 10.7. The second kappa shape index (κ2) is 7.73. The van der Waals surface area contributed by atoms with Crippen molar-refractivity contribution in [3.8, 4) is 0 Å². The average molecular weight is 308 g/mol. The molecule has 2 heterocycles. The highest BCUT2D eigenvalue weighted by Crippen LogP contribution is 2.25. The van der Waals surface area contributed by atoms with E-state index in [9.17, 15) is 0 Å². The van der Waals surface area contributed by atoms with Crippen LogP contribution in [0.4, 0.5) is 0 Å². The molecule has 0 saturated heterocycles. The first kappa shape index (κ1) is 16.2. The van der Waals surface area contributed by atoms with E-state index >= 15 is 0 Å². The summed E-state index contributed by atoms with van der Waals surface area (Å²) in [7, 11) is 0. The van der Waals surface area contributed by atoms with Crippen molar-refractivity contribution in [2.24, 2.45) is 0 Å². The Morgan fingerprint density at radius 1 is 1.38 bits per heavy atom. The van der Waals surface area contributed by atoms with Crippen molar-refractivity contribution < 1.29 is 9.15 Å². The van der Waals surface area contributed by atoms with Gasteiger partial charge in [0.15, 0.2) is 0 Å². The SMILES string of the molecule is CC(C)(C)c1nc(CNCCCOCc2ccco2)cs1. The molecule has 0 fully saturated rings. The van der Waals surface area contributed by atoms with Crippen LogP contribution in [0.5, 0.6) is 0 Å². The van der Waals surface area contributed by atoms with Crippen LogP contribution < -0.4 is 5.32 Å². The van der Waals surface area contributed by atoms with Gasteiger partial charge in [-0.15, -0.1) is 11.3 Å². The van der Waals surface area contributed by atoms with Gasteiger partial charge in [0.25, 0.3) is 0 Å². The summed E-state index contributed by atoms with van der Waals surface area (Å²) in [5.74, 6) is 0.875. The molecule has 0 aliphatic rings. The highest BCUT2D eigenvalue weighted by molar-refractivity contribution is 7.09. The number of furan rings is 1. The van der Waals surface area contributed by atoms with E-state index < -0.39 is 0 Å². The molecule has 5 heteroatoms. The quantitative estimate of drug-likeness (QED) is 0.755. The monoisotopic (exact) mass is 308 g/mol. The Hall–Kier alpha value is -1.17. The summed E-state index contributed by atoms with van der Waals surface area (Å²) in [6.45, 7) is 9.62. The second-order valence-corrected chi connectivity index (χ2v) is 6.91. The van der Waals surface area contributed by atoms with Crippen LogP contribution in [0.25, 0.3) is 0 Å². The van der Waals surface area contributed by atoms with Crippen LogP contribution in [0.1, 0.15) is 43.7 Å². The van der Waals surface area contributed by atoms with E-state index in [0.717, 1.165) is 37.6 Å². The molecule has 0 aliphatic carbocycles. The van der Waals surface area contributed by atoms with Crippen LogP contribution in [0.3, 0.4) is 0 Å². The Morgan fingerprint density at radius 2 is 2.24 bits per heavy atom. The fourth-order valence-corrected chi connectivity index (χ4v) is 2.72. The van der Waals surface area contributed by atoms with Crippen molar-refractivity contribution in [1.29, 1.82) is 0 Å². The van der Waals surface area contributed by atoms with E-state index in [1.54, 1.807) is 17.6 Å². The van der Waals surface area contributed by atoms with E-state index in [-0.39, 0.29) is 5.41 Å². The van der Waals surface area contributed by atoms with Crippen LogP contribution in [0.2, 0.25) is 0 Å². The molecule has 0 bridgehead atoms. The van der Waals surface area contributed by atoms with Gasteiger partial charge in [-0.2, -0.15) is 0 Å². The normalized spacial score (nSPS) is 12.0. The molecule has 0 atom stereocenters. The van der Waals surface area contributed by atoms with Gasteiger partial charge in [0.05, 0.1) is 17.0 Å². The van der Waals surface area contributed by atoms with E-state index in [1.165, 1.54) is 5.01 Å². The van der Waals surface area contributed by atoms with Gasteiger partial charge < -0.3 is 14.5 Å². The smallest absolute Gasteiger partial charge is 0.129 e. The van der Waals surface area contributed by atoms with Gasteiger partial charge in [-0.05, 0) is 25.1 Å². The van der Waals surface area contributed by atoms with Crippen molar-refractivity contribution in [1.82, 2.24) is 10.3 Å². The highest BCUT2D eigenvalue weighted by atomic mass is 32.1. The fraction of sp³-hybridized carbons (Fsp3) is 0.562. The van der Waals surface area contributed by atoms with E-state index in [4.69, 9.17) is 9.15 Å². The molecule has 0 amide bonds. The lowest BCUT2D eigenvalue weighted by Crippen LogP contribution is -2.17. The third kappa shape index (κ3) is 5.61. The summed E-state index contributed by atoms with van der Waals surface area (Å²) in [5, 5.41) is 6.74. The zero-order valence-corrected chi connectivity index (χ0v) is 13.8. The van der Waals surface area contributed by atoms with Crippen LogP contribution >= 0.6 is 11.3 Å². The number of nitrogens with zero attached hydrogens (tertiary/aromatic N) is 1. The van der Waals surface area contributed by atoms with Crippen molar-refractivity contribution in [2.75, 3.05) is 13.2 Å². The van der Waals surface area contributed by atoms with Gasteiger partial charge >= 0.3 is 0 Å². The van der Waals surface area contributed by atoms with Gasteiger partial charge in [-0.1, -0.05) is 20.8 Å². The molecular weight excluding hydrogens is 284 g/mol. The lowest BCUT2D eigenvalue weighted by Gasteiger charge is -2.13. The maximum Gasteiger partial charge on any atom is 0.129 e. The second-order valence-electron chi connectivity index (χ2n) is 6.06. The molecule has 4 nitrogen and oxygen atoms in total. The maximum absolute atomic E-state index is 5.53. The molecular formula is C16H24N2O2S. The van der Waals surface area contributed by atoms with Crippen LogP contribution in [-0.2, 0) is 23.3 Å². The van der Waals surface area contributed by atoms with Gasteiger partial charge in [0.1, 0.15) is 12.4 Å². The van der Waals surface area contributed by atoms with Crippen molar-refractivity contribution >= 4 is 11.3 Å². The molecule has 21 heavy (non-hydrogen) atoms. The minimum absolute atomic E-state index is 0.141. The van der Waals surface area contributed by atoms with E-state index in [0.29, 0.717) is 6.61 Å². The Labute approximate surface area is 130 Å². The summed E-state index contributed by atoms with van der Waals surface area (Å²) in [4.78, 5) is 4.66. The van der Waals surface area contributed by atoms with Gasteiger partial charge in [0.2, 0.25) is 0 Å². The molecule has 0 aliphatic heterocycles. The Balaban J connectivity index is 1.54. The first-order chi connectivity index (χ1) is 10.1. The largest absolute Gasteiger partial charge is 0.467 e. The lowest BCUT2D eigenvalue weighted by atomic mass is 9.98. The molecule has 0 spiro atoms. The molecule has 116 valence electrons. The van der Waals surface area contributed by atoms with Crippen molar-refractivity contribution in [2.45, 2.75) is 45.8 Å². The highest BCUT2D eigenvalue weighted by Gasteiger charge is 2.17. The number of thiazole rings is 1. The maximum atomic E-state index is 5.53. The molecule has 0 aromatic carbocycles. The summed E-state index contributed by atoms with van der Waals surface area (Å²) in [6, 6.07) is 3.80. The number of nitrogens with one attached hydrogen (secondary N) is 1. The predicted octanol–water partition coefficient (Wildman–Crippen LogP) is 3.73. The van der Waals surface area contributed by atoms with Gasteiger partial charge in [-0.3, -0.25) is 0 Å². The minimum atomic E-state index is 0.141. The summed E-state index contributed by atoms with van der Waals surface area (Å²) in [5.41, 5.74) is 1.27. The van der Waals surface area contributed by atoms with E-state index in [2.05, 4.69) is 36.5 Å². The number of rotatable bonds is 8. The number of hydrogen-bond acceptors (Lipinski definition) is 5. The predicted molar refractivity (Wildman–Crippen MR) is 85.5 cm³/mol. The topological polar surface area (TPSA) is 47.3 Å². The Bertz CT molecular complexity index is 515. The Morgan fingerprint density at radius 3 is 2.90 bits per heavy atom. The van der Waals surface area contributed by atoms with Crippen molar-refractivity contribution in [3.63, 3.8) is 0 Å². The standard InChI is InChI=1S/C16H24N2O2S/c1-16(2,3)15-18-13(12-21-15)10-17-7-5-8-19-11-14-6-4-9-20-14/h4,6,9,12,17H,5,7-8,10-11H2,1-3H3. The minimum Gasteiger partial charge on any atom is -0.467 e. The van der Waals surface area contributed by atoms with Crippen molar-refractivity contribution in [3.05, 3.63) is 40.2 Å². The lowest BCUT2D eigenvalue weighted by molar-refractivity contribution is 0.104. The van der Waals surface area contributed by atoms with Crippen LogP contribution in [-0.4, -0.2) is 18.1 Å². The third-order valence-electron chi connectivity index (χ3n) is 2.97. The zero-order chi connectivity index (χ0) is 15.1. The van der Waals surface area contributed by atoms with Gasteiger partial charge in [-0.25, -0.2) is 4.98 Å². The summed E-state index contributed by atoms with van der Waals surface area (Å²) in [6.07, 6.45) is 2.65. The first-order valence-electron chi connectivity index (χ1n) is 7.31. The fourth-order valence-electron chi connectivity index (χ4n) is 1.82. The number of aromatic nitrogens is 1. The van der Waals surface area contributed by atoms with E-state index in [1.807, 2.05) is 12.1 Å². The molecule has 0 unspecified atom stereocenters. The van der Waals surface area contributed by atoms with Crippen LogP contribution in [0, 0.1) is 0 Å². The number of hydrogen-bond donors (Lipinski definition) is 1. The number of ether oxygens (including phenoxy) is 1. The summed E-state index contributed by atoms with van der Waals surface area (Å²) >= 11 is 1.74. The third-order valence-corrected chi connectivity index (χ3v) is 4.28. The molecule has 2 aromatic heterocycles. The average Bonchev–Trinajstić information content (AvgIpc) is 3.07. The molecule has 2 aromatic rings. The Kier molecular flexibility index (Phi) is 5.96. The molecule has 2 rings (SSSR count). The molecule has 0 saturated carbocycles. The van der Waals surface area contributed by atoms with Gasteiger partial charge in [0, 0.05) is 23.9 Å². The molecule has 0 radical (unpaired) electrons. The zero-order valence-electron chi connectivity index (χ0n) is 13.0. The molecule has 1 N–H and O–H groups in total.